The zero-order chi connectivity index (χ0) is 26.3. The predicted octanol–water partition coefficient (Wildman–Crippen LogP) is 3.35. The second-order valence-corrected chi connectivity index (χ2v) is 10.3. The van der Waals surface area contributed by atoms with Gasteiger partial charge in [-0.1, -0.05) is 6.07 Å². The fourth-order valence-electron chi connectivity index (χ4n) is 4.39. The Morgan fingerprint density at radius 3 is 2.57 bits per heavy atom. The van der Waals surface area contributed by atoms with E-state index in [0.717, 1.165) is 44.8 Å². The highest BCUT2D eigenvalue weighted by Gasteiger charge is 2.33. The first-order valence-corrected chi connectivity index (χ1v) is 13.2. The van der Waals surface area contributed by atoms with Crippen molar-refractivity contribution in [2.45, 2.75) is 33.4 Å². The molecule has 3 heterocycles. The van der Waals surface area contributed by atoms with Gasteiger partial charge in [0.25, 0.3) is 0 Å². The molecule has 0 unspecified atom stereocenters. The molecule has 0 atom stereocenters. The number of hydrogen-bond donors (Lipinski definition) is 0. The average Bonchev–Trinajstić information content (AvgIpc) is 3.59. The largest absolute Gasteiger partial charge is 0.467 e. The molecule has 2 aromatic rings. The maximum absolute atomic E-state index is 13.7. The van der Waals surface area contributed by atoms with E-state index in [1.165, 1.54) is 0 Å². The molecule has 1 aromatic heterocycles. The molecule has 9 nitrogen and oxygen atoms in total. The normalized spacial score (nSPS) is 15.5. The summed E-state index contributed by atoms with van der Waals surface area (Å²) in [6.45, 7) is 8.93. The van der Waals surface area contributed by atoms with E-state index in [9.17, 15) is 9.59 Å². The molecule has 2 amide bonds. The van der Waals surface area contributed by atoms with Crippen molar-refractivity contribution in [1.82, 2.24) is 14.7 Å². The van der Waals surface area contributed by atoms with Crippen LogP contribution in [0.25, 0.3) is 0 Å². The number of rotatable bonds is 12. The molecule has 0 bridgehead atoms. The van der Waals surface area contributed by atoms with Gasteiger partial charge in [-0.25, -0.2) is 0 Å². The first kappa shape index (κ1) is 27.3. The van der Waals surface area contributed by atoms with Crippen LogP contribution in [0.1, 0.15) is 31.6 Å². The monoisotopic (exact) mass is 533 g/mol. The number of carbonyl (C=O) groups excluding carboxylic acids is 2. The number of nitrogens with zero attached hydrogens (tertiary/aromatic N) is 3. The van der Waals surface area contributed by atoms with Crippen LogP contribution >= 0.6 is 11.6 Å². The summed E-state index contributed by atoms with van der Waals surface area (Å²) < 4.78 is 21.9. The quantitative estimate of drug-likeness (QED) is 0.387. The number of fused-ring (bicyclic) bond motifs is 1. The van der Waals surface area contributed by atoms with Gasteiger partial charge in [0.05, 0.1) is 38.0 Å². The van der Waals surface area contributed by atoms with Crippen molar-refractivity contribution in [3.8, 4) is 11.5 Å². The lowest BCUT2D eigenvalue weighted by atomic mass is 9.94. The fourth-order valence-corrected chi connectivity index (χ4v) is 4.51. The number of carbonyl (C=O) groups is 2. The first-order chi connectivity index (χ1) is 17.9. The summed E-state index contributed by atoms with van der Waals surface area (Å²) in [5.74, 6) is 1.89. The third-order valence-corrected chi connectivity index (χ3v) is 7.29. The summed E-state index contributed by atoms with van der Waals surface area (Å²) in [5, 5.41) is 0. The van der Waals surface area contributed by atoms with Crippen molar-refractivity contribution in [1.29, 1.82) is 0 Å². The van der Waals surface area contributed by atoms with Gasteiger partial charge in [0.15, 0.2) is 11.5 Å². The zero-order valence-corrected chi connectivity index (χ0v) is 22.4. The molecule has 0 saturated carbocycles. The van der Waals surface area contributed by atoms with Crippen molar-refractivity contribution in [2.75, 3.05) is 58.6 Å². The maximum atomic E-state index is 13.7. The van der Waals surface area contributed by atoms with Crippen LogP contribution in [0.2, 0.25) is 0 Å². The Bertz CT molecular complexity index is 1040. The molecular formula is C27H36ClN3O6. The molecule has 0 N–H and O–H groups in total. The van der Waals surface area contributed by atoms with Crippen LogP contribution in [0.5, 0.6) is 11.5 Å². The van der Waals surface area contributed by atoms with Crippen molar-refractivity contribution in [3.63, 3.8) is 0 Å². The summed E-state index contributed by atoms with van der Waals surface area (Å²) in [6, 6.07) is 9.27. The zero-order valence-electron chi connectivity index (χ0n) is 21.6. The summed E-state index contributed by atoms with van der Waals surface area (Å²) in [4.78, 5) is 32.8. The number of halogens is 1. The predicted molar refractivity (Wildman–Crippen MR) is 138 cm³/mol. The van der Waals surface area contributed by atoms with Gasteiger partial charge in [0.2, 0.25) is 18.6 Å². The Morgan fingerprint density at radius 1 is 1.05 bits per heavy atom. The lowest BCUT2D eigenvalue weighted by Crippen LogP contribution is -2.48. The minimum Gasteiger partial charge on any atom is -0.467 e. The molecule has 2 aliphatic heterocycles. The minimum absolute atomic E-state index is 0.0342. The Morgan fingerprint density at radius 2 is 1.84 bits per heavy atom. The SMILES string of the molecule is CC(C)(CCl)C(=O)N(CCCN1CCOCC1)CC(=O)N(Cc1ccc2c(c1)OCO2)Cc1ccco1. The molecule has 0 spiro atoms. The van der Waals surface area contributed by atoms with Crippen molar-refractivity contribution in [3.05, 3.63) is 47.9 Å². The second kappa shape index (κ2) is 12.7. The van der Waals surface area contributed by atoms with E-state index >= 15 is 0 Å². The van der Waals surface area contributed by atoms with Crippen LogP contribution in [0.4, 0.5) is 0 Å². The number of alkyl halides is 1. The van der Waals surface area contributed by atoms with E-state index in [-0.39, 0.29) is 37.6 Å². The van der Waals surface area contributed by atoms with Crippen LogP contribution in [-0.4, -0.2) is 85.1 Å². The Kier molecular flexibility index (Phi) is 9.34. The first-order valence-electron chi connectivity index (χ1n) is 12.7. The van der Waals surface area contributed by atoms with Crippen molar-refractivity contribution >= 4 is 23.4 Å². The van der Waals surface area contributed by atoms with Crippen LogP contribution in [0.3, 0.4) is 0 Å². The third-order valence-electron chi connectivity index (χ3n) is 6.62. The molecule has 1 saturated heterocycles. The van der Waals surface area contributed by atoms with Gasteiger partial charge in [-0.15, -0.1) is 11.6 Å². The van der Waals surface area contributed by atoms with Crippen LogP contribution in [0.15, 0.2) is 41.0 Å². The lowest BCUT2D eigenvalue weighted by molar-refractivity contribution is -0.146. The molecule has 4 rings (SSSR count). The van der Waals surface area contributed by atoms with E-state index in [1.807, 2.05) is 38.1 Å². The molecule has 0 aliphatic carbocycles. The van der Waals surface area contributed by atoms with Gasteiger partial charge >= 0.3 is 0 Å². The number of amides is 2. The number of benzene rings is 1. The van der Waals surface area contributed by atoms with Crippen molar-refractivity contribution < 1.29 is 28.2 Å². The molecular weight excluding hydrogens is 498 g/mol. The van der Waals surface area contributed by atoms with E-state index < -0.39 is 5.41 Å². The molecule has 2 aliphatic rings. The lowest BCUT2D eigenvalue weighted by Gasteiger charge is -2.33. The van der Waals surface area contributed by atoms with Gasteiger partial charge in [0, 0.05) is 38.6 Å². The molecule has 10 heteroatoms. The van der Waals surface area contributed by atoms with Gasteiger partial charge in [0.1, 0.15) is 5.76 Å². The number of furan rings is 1. The molecule has 1 fully saturated rings. The van der Waals surface area contributed by atoms with Gasteiger partial charge < -0.3 is 28.4 Å². The summed E-state index contributed by atoms with van der Waals surface area (Å²) >= 11 is 6.14. The standard InChI is InChI=1S/C27H36ClN3O6/c1-27(2,19-28)26(33)30(9-4-8-29-10-13-34-14-11-29)18-25(32)31(17-22-5-3-12-35-22)16-21-6-7-23-24(15-21)37-20-36-23/h3,5-7,12,15H,4,8-11,13-14,16-20H2,1-2H3. The molecule has 1 aromatic carbocycles. The Balaban J connectivity index is 1.47. The fraction of sp³-hybridized carbons (Fsp3) is 0.556. The number of ether oxygens (including phenoxy) is 3. The summed E-state index contributed by atoms with van der Waals surface area (Å²) in [6.07, 6.45) is 2.35. The summed E-state index contributed by atoms with van der Waals surface area (Å²) in [7, 11) is 0. The molecule has 0 radical (unpaired) electrons. The van der Waals surface area contributed by atoms with Gasteiger partial charge in [-0.3, -0.25) is 14.5 Å². The van der Waals surface area contributed by atoms with Crippen molar-refractivity contribution in [2.24, 2.45) is 5.41 Å². The third kappa shape index (κ3) is 7.40. The highest BCUT2D eigenvalue weighted by molar-refractivity contribution is 6.19. The number of hydrogen-bond acceptors (Lipinski definition) is 7. The van der Waals surface area contributed by atoms with Crippen LogP contribution < -0.4 is 9.47 Å². The van der Waals surface area contributed by atoms with E-state index in [0.29, 0.717) is 30.3 Å². The van der Waals surface area contributed by atoms with Crippen LogP contribution in [-0.2, 0) is 27.4 Å². The topological polar surface area (TPSA) is 84.7 Å². The summed E-state index contributed by atoms with van der Waals surface area (Å²) in [5.41, 5.74) is 0.125. The highest BCUT2D eigenvalue weighted by atomic mass is 35.5. The van der Waals surface area contributed by atoms with Gasteiger partial charge in [-0.2, -0.15) is 0 Å². The molecule has 37 heavy (non-hydrogen) atoms. The Hall–Kier alpha value is -2.75. The van der Waals surface area contributed by atoms with E-state index in [2.05, 4.69) is 4.90 Å². The van der Waals surface area contributed by atoms with Gasteiger partial charge in [-0.05, 0) is 50.1 Å². The highest BCUT2D eigenvalue weighted by Crippen LogP contribution is 2.33. The number of morpholine rings is 1. The van der Waals surface area contributed by atoms with Crippen LogP contribution in [0, 0.1) is 5.41 Å². The maximum Gasteiger partial charge on any atom is 0.242 e. The van der Waals surface area contributed by atoms with E-state index in [4.69, 9.17) is 30.2 Å². The van der Waals surface area contributed by atoms with E-state index in [1.54, 1.807) is 22.1 Å². The minimum atomic E-state index is -0.774. The smallest absolute Gasteiger partial charge is 0.242 e. The second-order valence-electron chi connectivity index (χ2n) is 10.1. The average molecular weight is 534 g/mol. The Labute approximate surface area is 223 Å². The molecule has 202 valence electrons.